The Morgan fingerprint density at radius 1 is 1.47 bits per heavy atom. The van der Waals surface area contributed by atoms with Crippen molar-refractivity contribution in [3.63, 3.8) is 0 Å². The summed E-state index contributed by atoms with van der Waals surface area (Å²) < 4.78 is 7.10. The van der Waals surface area contributed by atoms with Gasteiger partial charge in [-0.25, -0.2) is 4.68 Å². The van der Waals surface area contributed by atoms with E-state index in [1.807, 2.05) is 24.3 Å². The number of anilines is 1. The zero-order valence-electron chi connectivity index (χ0n) is 10.7. The van der Waals surface area contributed by atoms with Crippen molar-refractivity contribution in [1.82, 2.24) is 9.78 Å². The molecular formula is C14H15N3O2. The molecule has 0 saturated carbocycles. The average Bonchev–Trinajstić information content (AvgIpc) is 2.84. The first-order valence-corrected chi connectivity index (χ1v) is 6.24. The Hall–Kier alpha value is -2.30. The van der Waals surface area contributed by atoms with Crippen LogP contribution in [0.5, 0.6) is 5.75 Å². The summed E-state index contributed by atoms with van der Waals surface area (Å²) in [5.41, 5.74) is 1.77. The van der Waals surface area contributed by atoms with E-state index in [0.29, 0.717) is 13.2 Å². The van der Waals surface area contributed by atoms with Gasteiger partial charge in [0.1, 0.15) is 5.75 Å². The fourth-order valence-electron chi connectivity index (χ4n) is 2.30. The number of ether oxygens (including phenoxy) is 1. The molecule has 1 unspecified atom stereocenters. The summed E-state index contributed by atoms with van der Waals surface area (Å²) in [6.45, 7) is 1.14. The van der Waals surface area contributed by atoms with Crippen molar-refractivity contribution in [1.29, 1.82) is 0 Å². The van der Waals surface area contributed by atoms with Gasteiger partial charge in [-0.1, -0.05) is 18.2 Å². The third kappa shape index (κ3) is 2.19. The van der Waals surface area contributed by atoms with Crippen LogP contribution < -0.4 is 15.6 Å². The van der Waals surface area contributed by atoms with E-state index in [-0.39, 0.29) is 11.5 Å². The van der Waals surface area contributed by atoms with Gasteiger partial charge in [0.25, 0.3) is 5.56 Å². The number of nitrogens with one attached hydrogen (secondary N) is 1. The van der Waals surface area contributed by atoms with Gasteiger partial charge >= 0.3 is 0 Å². The molecule has 2 aromatic rings. The fraction of sp³-hybridized carbons (Fsp3) is 0.286. The number of hydrogen-bond acceptors (Lipinski definition) is 4. The average molecular weight is 257 g/mol. The lowest BCUT2D eigenvalue weighted by Gasteiger charge is -2.10. The van der Waals surface area contributed by atoms with Gasteiger partial charge < -0.3 is 10.1 Å². The van der Waals surface area contributed by atoms with Crippen LogP contribution in [0, 0.1) is 0 Å². The van der Waals surface area contributed by atoms with Gasteiger partial charge in [-0.2, -0.15) is 5.10 Å². The number of nitrogens with zero attached hydrogens (tertiary/aromatic N) is 2. The first kappa shape index (κ1) is 11.8. The summed E-state index contributed by atoms with van der Waals surface area (Å²) in [7, 11) is 1.77. The molecular weight excluding hydrogens is 242 g/mol. The predicted octanol–water partition coefficient (Wildman–Crippen LogP) is 1.46. The van der Waals surface area contributed by atoms with Crippen molar-refractivity contribution in [2.24, 2.45) is 0 Å². The third-order valence-corrected chi connectivity index (χ3v) is 3.35. The van der Waals surface area contributed by atoms with E-state index in [9.17, 15) is 4.79 Å². The third-order valence-electron chi connectivity index (χ3n) is 3.35. The van der Waals surface area contributed by atoms with Gasteiger partial charge in [0.05, 0.1) is 25.0 Å². The Balaban J connectivity index is 1.85. The lowest BCUT2D eigenvalue weighted by molar-refractivity contribution is 0.313. The summed E-state index contributed by atoms with van der Waals surface area (Å²) in [6, 6.07) is 9.48. The second kappa shape index (κ2) is 4.76. The summed E-state index contributed by atoms with van der Waals surface area (Å²) >= 11 is 0. The van der Waals surface area contributed by atoms with Gasteiger partial charge in [-0.3, -0.25) is 4.79 Å². The van der Waals surface area contributed by atoms with Gasteiger partial charge in [0, 0.05) is 24.6 Å². The van der Waals surface area contributed by atoms with Crippen LogP contribution in [0.2, 0.25) is 0 Å². The molecule has 5 nitrogen and oxygen atoms in total. The monoisotopic (exact) mass is 257 g/mol. The van der Waals surface area contributed by atoms with Gasteiger partial charge in [0.15, 0.2) is 0 Å². The van der Waals surface area contributed by atoms with E-state index < -0.39 is 0 Å². The van der Waals surface area contributed by atoms with E-state index >= 15 is 0 Å². The highest BCUT2D eigenvalue weighted by Gasteiger charge is 2.24. The number of rotatable bonds is 3. The number of fused-ring (bicyclic) bond motifs is 1. The maximum atomic E-state index is 11.9. The van der Waals surface area contributed by atoms with Gasteiger partial charge in [0.2, 0.25) is 0 Å². The van der Waals surface area contributed by atoms with Crippen LogP contribution in [0.4, 0.5) is 5.69 Å². The second-order valence-electron chi connectivity index (χ2n) is 4.56. The lowest BCUT2D eigenvalue weighted by atomic mass is 10.0. The van der Waals surface area contributed by atoms with Crippen LogP contribution in [0.1, 0.15) is 11.5 Å². The largest absolute Gasteiger partial charge is 0.493 e. The Kier molecular flexibility index (Phi) is 2.95. The first-order valence-electron chi connectivity index (χ1n) is 6.24. The highest BCUT2D eigenvalue weighted by atomic mass is 16.5. The number of para-hydroxylation sites is 1. The van der Waals surface area contributed by atoms with Gasteiger partial charge in [-0.05, 0) is 6.07 Å². The highest BCUT2D eigenvalue weighted by Crippen LogP contribution is 2.33. The predicted molar refractivity (Wildman–Crippen MR) is 72.7 cm³/mol. The maximum absolute atomic E-state index is 11.9. The van der Waals surface area contributed by atoms with Crippen LogP contribution in [-0.4, -0.2) is 23.4 Å². The van der Waals surface area contributed by atoms with Crippen LogP contribution in [0.25, 0.3) is 0 Å². The Bertz CT molecular complexity index is 651. The Labute approximate surface area is 110 Å². The molecule has 3 rings (SSSR count). The van der Waals surface area contributed by atoms with Crippen molar-refractivity contribution in [2.75, 3.05) is 19.0 Å². The minimum absolute atomic E-state index is 0.101. The molecule has 98 valence electrons. The fourth-order valence-corrected chi connectivity index (χ4v) is 2.30. The number of hydrogen-bond donors (Lipinski definition) is 1. The maximum Gasteiger partial charge on any atom is 0.268 e. The summed E-state index contributed by atoms with van der Waals surface area (Å²) in [6.07, 6.45) is 1.66. The van der Waals surface area contributed by atoms with Crippen LogP contribution >= 0.6 is 0 Å². The summed E-state index contributed by atoms with van der Waals surface area (Å²) in [4.78, 5) is 11.9. The van der Waals surface area contributed by atoms with E-state index in [0.717, 1.165) is 17.0 Å². The van der Waals surface area contributed by atoms with E-state index in [2.05, 4.69) is 10.4 Å². The van der Waals surface area contributed by atoms with Crippen molar-refractivity contribution >= 4 is 5.69 Å². The molecule has 1 aliphatic rings. The molecule has 1 aliphatic heterocycles. The highest BCUT2D eigenvalue weighted by molar-refractivity contribution is 5.40. The molecule has 1 atom stereocenters. The number of benzene rings is 1. The molecule has 0 aliphatic carbocycles. The first-order chi connectivity index (χ1) is 9.28. The summed E-state index contributed by atoms with van der Waals surface area (Å²) in [5.74, 6) is 1.09. The molecule has 0 amide bonds. The van der Waals surface area contributed by atoms with Crippen molar-refractivity contribution in [3.8, 4) is 5.75 Å². The van der Waals surface area contributed by atoms with Crippen molar-refractivity contribution < 1.29 is 4.74 Å². The van der Waals surface area contributed by atoms with Crippen molar-refractivity contribution in [3.05, 3.63) is 52.4 Å². The van der Waals surface area contributed by atoms with E-state index in [1.165, 1.54) is 4.68 Å². The van der Waals surface area contributed by atoms with Gasteiger partial charge in [-0.15, -0.1) is 0 Å². The van der Waals surface area contributed by atoms with Crippen LogP contribution in [0.15, 0.2) is 41.3 Å². The molecule has 5 heteroatoms. The lowest BCUT2D eigenvalue weighted by Crippen LogP contribution is -2.25. The molecule has 0 fully saturated rings. The molecule has 2 heterocycles. The SMILES string of the molecule is CNc1cnn(CC2COc3ccccc32)c(=O)c1. The minimum atomic E-state index is -0.101. The molecule has 0 spiro atoms. The number of aromatic nitrogens is 2. The Morgan fingerprint density at radius 2 is 2.32 bits per heavy atom. The smallest absolute Gasteiger partial charge is 0.268 e. The molecule has 0 bridgehead atoms. The molecule has 1 N–H and O–H groups in total. The second-order valence-corrected chi connectivity index (χ2v) is 4.56. The zero-order valence-corrected chi connectivity index (χ0v) is 10.7. The molecule has 0 saturated heterocycles. The Morgan fingerprint density at radius 3 is 3.11 bits per heavy atom. The van der Waals surface area contributed by atoms with Crippen LogP contribution in [0.3, 0.4) is 0 Å². The standard InChI is InChI=1S/C14H15N3O2/c1-15-11-6-14(18)17(16-7-11)8-10-9-19-13-5-3-2-4-12(10)13/h2-7,10,15H,8-9H2,1H3. The molecule has 1 aromatic carbocycles. The molecule has 0 radical (unpaired) electrons. The summed E-state index contributed by atoms with van der Waals surface area (Å²) in [5, 5.41) is 7.08. The minimum Gasteiger partial charge on any atom is -0.493 e. The van der Waals surface area contributed by atoms with E-state index in [4.69, 9.17) is 4.74 Å². The van der Waals surface area contributed by atoms with Crippen LogP contribution in [-0.2, 0) is 6.54 Å². The quantitative estimate of drug-likeness (QED) is 0.904. The molecule has 1 aromatic heterocycles. The topological polar surface area (TPSA) is 56.1 Å². The van der Waals surface area contributed by atoms with Crippen molar-refractivity contribution in [2.45, 2.75) is 12.5 Å². The normalized spacial score (nSPS) is 16.8. The van der Waals surface area contributed by atoms with E-state index in [1.54, 1.807) is 19.3 Å². The zero-order chi connectivity index (χ0) is 13.2. The molecule has 19 heavy (non-hydrogen) atoms.